The van der Waals surface area contributed by atoms with Gasteiger partial charge in [0, 0.05) is 11.9 Å². The zero-order valence-electron chi connectivity index (χ0n) is 15.4. The number of carbonyl (C=O) groups is 1. The van der Waals surface area contributed by atoms with E-state index in [0.717, 1.165) is 55.3 Å². The summed E-state index contributed by atoms with van der Waals surface area (Å²) in [7, 11) is -4.04. The topological polar surface area (TPSA) is 102 Å². The molecular formula is C19H22N4O4S. The summed E-state index contributed by atoms with van der Waals surface area (Å²) in [6, 6.07) is 2.97. The van der Waals surface area contributed by atoms with Crippen molar-refractivity contribution in [3.63, 3.8) is 0 Å². The van der Waals surface area contributed by atoms with Gasteiger partial charge < -0.3 is 10.1 Å². The van der Waals surface area contributed by atoms with Gasteiger partial charge in [-0.3, -0.25) is 4.68 Å². The lowest BCUT2D eigenvalue weighted by molar-refractivity contribution is -0.0291. The third kappa shape index (κ3) is 2.98. The molecule has 1 aliphatic heterocycles. The van der Waals surface area contributed by atoms with Gasteiger partial charge in [0.05, 0.1) is 19.3 Å². The second-order valence-electron chi connectivity index (χ2n) is 7.62. The highest BCUT2D eigenvalue weighted by Crippen LogP contribution is 2.38. The number of nitrogens with one attached hydrogen (secondary N) is 2. The molecule has 28 heavy (non-hydrogen) atoms. The maximum Gasteiger partial charge on any atom is 0.333 e. The number of urea groups is 1. The van der Waals surface area contributed by atoms with Crippen LogP contribution in [-0.2, 0) is 40.4 Å². The number of aromatic nitrogens is 2. The van der Waals surface area contributed by atoms with E-state index in [1.54, 1.807) is 10.9 Å². The summed E-state index contributed by atoms with van der Waals surface area (Å²) in [6.45, 7) is 1.03. The van der Waals surface area contributed by atoms with Crippen molar-refractivity contribution in [3.8, 4) is 0 Å². The zero-order chi connectivity index (χ0) is 19.3. The standard InChI is InChI=1S/C19H22N4O4S/c24-19(22-28(25,26)17-7-8-23(21-17)14-10-27-11-14)20-18-15-5-1-3-12(15)9-13-4-2-6-16(13)18/h7-9,14H,1-6,10-11H2,(H2,20,22,24). The van der Waals surface area contributed by atoms with E-state index < -0.39 is 16.1 Å². The molecule has 1 fully saturated rings. The highest BCUT2D eigenvalue weighted by atomic mass is 32.2. The SMILES string of the molecule is O=C(Nc1c2c(cc3c1CCC3)CCC2)NS(=O)(=O)c1ccn(C2COC2)n1. The fourth-order valence-corrected chi connectivity index (χ4v) is 5.17. The van der Waals surface area contributed by atoms with Crippen molar-refractivity contribution in [2.45, 2.75) is 49.6 Å². The first-order valence-corrected chi connectivity index (χ1v) is 11.1. The summed E-state index contributed by atoms with van der Waals surface area (Å²) in [6.07, 6.45) is 7.58. The van der Waals surface area contributed by atoms with Gasteiger partial charge in [0.1, 0.15) is 0 Å². The molecule has 2 aliphatic carbocycles. The maximum atomic E-state index is 12.6. The molecule has 1 aromatic heterocycles. The lowest BCUT2D eigenvalue weighted by atomic mass is 9.99. The fraction of sp³-hybridized carbons (Fsp3) is 0.474. The van der Waals surface area contributed by atoms with Gasteiger partial charge in [-0.15, -0.1) is 0 Å². The van der Waals surface area contributed by atoms with Gasteiger partial charge in [-0.2, -0.15) is 13.5 Å². The predicted octanol–water partition coefficient (Wildman–Crippen LogP) is 1.94. The van der Waals surface area contributed by atoms with Gasteiger partial charge >= 0.3 is 6.03 Å². The number of hydrogen-bond acceptors (Lipinski definition) is 5. The third-order valence-corrected chi connectivity index (χ3v) is 7.01. The van der Waals surface area contributed by atoms with Crippen molar-refractivity contribution in [3.05, 3.63) is 40.6 Å². The lowest BCUT2D eigenvalue weighted by Crippen LogP contribution is -2.35. The summed E-state index contributed by atoms with van der Waals surface area (Å²) >= 11 is 0. The van der Waals surface area contributed by atoms with Crippen LogP contribution in [0.2, 0.25) is 0 Å². The molecule has 148 valence electrons. The Kier molecular flexibility index (Phi) is 4.17. The maximum absolute atomic E-state index is 12.6. The Morgan fingerprint density at radius 2 is 1.79 bits per heavy atom. The van der Waals surface area contributed by atoms with Crippen LogP contribution in [0.25, 0.3) is 0 Å². The van der Waals surface area contributed by atoms with Crippen molar-refractivity contribution in [2.75, 3.05) is 18.5 Å². The van der Waals surface area contributed by atoms with Crippen LogP contribution >= 0.6 is 0 Å². The number of fused-ring (bicyclic) bond motifs is 2. The number of nitrogens with zero attached hydrogens (tertiary/aromatic N) is 2. The Balaban J connectivity index is 1.36. The highest BCUT2D eigenvalue weighted by Gasteiger charge is 2.28. The molecule has 0 spiro atoms. The van der Waals surface area contributed by atoms with E-state index in [4.69, 9.17) is 4.74 Å². The Hall–Kier alpha value is -2.39. The number of ether oxygens (including phenoxy) is 1. The first-order valence-electron chi connectivity index (χ1n) is 9.64. The van der Waals surface area contributed by atoms with Gasteiger partial charge in [0.15, 0.2) is 5.03 Å². The van der Waals surface area contributed by atoms with Crippen LogP contribution in [0.5, 0.6) is 0 Å². The fourth-order valence-electron chi connectivity index (χ4n) is 4.32. The molecule has 1 saturated heterocycles. The minimum atomic E-state index is -4.04. The van der Waals surface area contributed by atoms with Gasteiger partial charge in [-0.25, -0.2) is 9.52 Å². The number of carbonyl (C=O) groups excluding carboxylic acids is 1. The molecule has 0 saturated carbocycles. The zero-order valence-corrected chi connectivity index (χ0v) is 16.2. The van der Waals surface area contributed by atoms with E-state index in [2.05, 4.69) is 21.2 Å². The average molecular weight is 402 g/mol. The predicted molar refractivity (Wildman–Crippen MR) is 102 cm³/mol. The smallest absolute Gasteiger partial charge is 0.333 e. The molecule has 5 rings (SSSR count). The van der Waals surface area contributed by atoms with Crippen LogP contribution in [0.4, 0.5) is 10.5 Å². The molecule has 0 bridgehead atoms. The summed E-state index contributed by atoms with van der Waals surface area (Å²) in [5.74, 6) is 0. The molecular weight excluding hydrogens is 380 g/mol. The number of amides is 2. The Morgan fingerprint density at radius 3 is 2.39 bits per heavy atom. The Bertz CT molecular complexity index is 1020. The first kappa shape index (κ1) is 17.7. The number of sulfonamides is 1. The number of benzene rings is 1. The molecule has 0 unspecified atom stereocenters. The highest BCUT2D eigenvalue weighted by molar-refractivity contribution is 7.90. The lowest BCUT2D eigenvalue weighted by Gasteiger charge is -2.25. The van der Waals surface area contributed by atoms with Crippen molar-refractivity contribution in [1.29, 1.82) is 0 Å². The van der Waals surface area contributed by atoms with Crippen LogP contribution in [0.15, 0.2) is 23.4 Å². The molecule has 9 heteroatoms. The minimum Gasteiger partial charge on any atom is -0.377 e. The van der Waals surface area contributed by atoms with Crippen molar-refractivity contribution < 1.29 is 17.9 Å². The van der Waals surface area contributed by atoms with Crippen LogP contribution in [0.1, 0.15) is 41.1 Å². The minimum absolute atomic E-state index is 0.0484. The molecule has 3 aliphatic rings. The summed E-state index contributed by atoms with van der Waals surface area (Å²) < 4.78 is 33.9. The quantitative estimate of drug-likeness (QED) is 0.814. The van der Waals surface area contributed by atoms with E-state index in [-0.39, 0.29) is 11.1 Å². The average Bonchev–Trinajstić information content (AvgIpc) is 3.32. The molecule has 2 heterocycles. The second-order valence-corrected chi connectivity index (χ2v) is 9.25. The Morgan fingerprint density at radius 1 is 1.11 bits per heavy atom. The van der Waals surface area contributed by atoms with Gasteiger partial charge in [-0.1, -0.05) is 6.07 Å². The van der Waals surface area contributed by atoms with E-state index in [1.165, 1.54) is 17.2 Å². The van der Waals surface area contributed by atoms with Crippen molar-refractivity contribution in [1.82, 2.24) is 14.5 Å². The molecule has 2 aromatic rings. The number of anilines is 1. The van der Waals surface area contributed by atoms with E-state index in [9.17, 15) is 13.2 Å². The third-order valence-electron chi connectivity index (χ3n) is 5.79. The molecule has 2 amide bonds. The summed E-state index contributed by atoms with van der Waals surface area (Å²) in [5.41, 5.74) is 5.68. The molecule has 1 aromatic carbocycles. The first-order chi connectivity index (χ1) is 13.5. The van der Waals surface area contributed by atoms with E-state index >= 15 is 0 Å². The summed E-state index contributed by atoms with van der Waals surface area (Å²) in [4.78, 5) is 12.6. The van der Waals surface area contributed by atoms with Gasteiger partial charge in [0.2, 0.25) is 0 Å². The number of rotatable bonds is 4. The molecule has 8 nitrogen and oxygen atoms in total. The molecule has 0 radical (unpaired) electrons. The second kappa shape index (κ2) is 6.59. The molecule has 2 N–H and O–H groups in total. The van der Waals surface area contributed by atoms with Crippen LogP contribution < -0.4 is 10.0 Å². The van der Waals surface area contributed by atoms with E-state index in [1.807, 2.05) is 0 Å². The van der Waals surface area contributed by atoms with Crippen molar-refractivity contribution in [2.24, 2.45) is 0 Å². The monoisotopic (exact) mass is 402 g/mol. The van der Waals surface area contributed by atoms with Gasteiger partial charge in [0.25, 0.3) is 10.0 Å². The summed E-state index contributed by atoms with van der Waals surface area (Å²) in [5, 5.41) is 6.75. The van der Waals surface area contributed by atoms with Crippen LogP contribution in [-0.4, -0.2) is 37.4 Å². The van der Waals surface area contributed by atoms with Crippen LogP contribution in [0, 0.1) is 0 Å². The largest absolute Gasteiger partial charge is 0.377 e. The van der Waals surface area contributed by atoms with Crippen LogP contribution in [0.3, 0.4) is 0 Å². The normalized spacial score (nSPS) is 18.4. The van der Waals surface area contributed by atoms with Crippen molar-refractivity contribution >= 4 is 21.7 Å². The van der Waals surface area contributed by atoms with Gasteiger partial charge in [-0.05, 0) is 66.8 Å². The Labute approximate surface area is 163 Å². The number of hydrogen-bond donors (Lipinski definition) is 2. The molecule has 0 atom stereocenters. The number of aryl methyl sites for hydroxylation is 2. The van der Waals surface area contributed by atoms with E-state index in [0.29, 0.717) is 13.2 Å².